The normalized spacial score (nSPS) is 24.5. The highest BCUT2D eigenvalue weighted by molar-refractivity contribution is 5.74. The molecule has 0 radical (unpaired) electrons. The van der Waals surface area contributed by atoms with Crippen molar-refractivity contribution in [2.75, 3.05) is 40.3 Å². The lowest BCUT2D eigenvalue weighted by Crippen LogP contribution is -2.59. The first-order chi connectivity index (χ1) is 9.93. The van der Waals surface area contributed by atoms with E-state index in [-0.39, 0.29) is 18.0 Å². The van der Waals surface area contributed by atoms with Gasteiger partial charge in [0.15, 0.2) is 0 Å². The van der Waals surface area contributed by atoms with Crippen LogP contribution in [0.5, 0.6) is 0 Å². The maximum absolute atomic E-state index is 12.2. The molecule has 1 aliphatic heterocycles. The molecule has 1 unspecified atom stereocenters. The van der Waals surface area contributed by atoms with Gasteiger partial charge in [-0.05, 0) is 33.4 Å². The van der Waals surface area contributed by atoms with E-state index in [4.69, 9.17) is 9.84 Å². The largest absolute Gasteiger partial charge is 0.481 e. The minimum Gasteiger partial charge on any atom is -0.481 e. The predicted octanol–water partition coefficient (Wildman–Crippen LogP) is 0.356. The number of carbonyl (C=O) groups is 2. The predicted molar refractivity (Wildman–Crippen MR) is 77.2 cm³/mol. The molecule has 0 bridgehead atoms. The summed E-state index contributed by atoms with van der Waals surface area (Å²) in [5, 5.41) is 11.8. The molecule has 1 saturated heterocycles. The molecule has 0 aromatic heterocycles. The summed E-state index contributed by atoms with van der Waals surface area (Å²) in [7, 11) is 4.09. The Morgan fingerprint density at radius 3 is 2.67 bits per heavy atom. The monoisotopic (exact) mass is 299 g/mol. The van der Waals surface area contributed by atoms with E-state index in [0.29, 0.717) is 26.2 Å². The van der Waals surface area contributed by atoms with Crippen LogP contribution in [0.3, 0.4) is 0 Å². The number of carboxylic acid groups (broad SMARTS) is 1. The lowest BCUT2D eigenvalue weighted by molar-refractivity contribution is -0.141. The van der Waals surface area contributed by atoms with Gasteiger partial charge in [-0.15, -0.1) is 0 Å². The third-order valence-electron chi connectivity index (χ3n) is 4.63. The standard InChI is InChI=1S/C14H25N3O4/c1-16(2)14(4-3-5-14)10-15-13(20)17-6-7-21-11(9-17)8-12(18)19/h11H,3-10H2,1-2H3,(H,15,20)(H,18,19). The first-order valence-corrected chi connectivity index (χ1v) is 7.46. The fourth-order valence-electron chi connectivity index (χ4n) is 2.94. The third-order valence-corrected chi connectivity index (χ3v) is 4.63. The number of nitrogens with one attached hydrogen (secondary N) is 1. The zero-order chi connectivity index (χ0) is 15.5. The van der Waals surface area contributed by atoms with Gasteiger partial charge in [0, 0.05) is 25.2 Å². The van der Waals surface area contributed by atoms with Crippen LogP contribution >= 0.6 is 0 Å². The number of rotatable bonds is 5. The molecule has 7 nitrogen and oxygen atoms in total. The van der Waals surface area contributed by atoms with Crippen LogP contribution in [0.25, 0.3) is 0 Å². The van der Waals surface area contributed by atoms with Crippen LogP contribution in [-0.4, -0.2) is 78.9 Å². The molecule has 1 heterocycles. The molecule has 120 valence electrons. The Hall–Kier alpha value is -1.34. The van der Waals surface area contributed by atoms with Gasteiger partial charge in [0.25, 0.3) is 0 Å². The van der Waals surface area contributed by atoms with Gasteiger partial charge in [0.2, 0.25) is 0 Å². The number of likely N-dealkylation sites (N-methyl/N-ethyl adjacent to an activating group) is 1. The highest BCUT2D eigenvalue weighted by Crippen LogP contribution is 2.35. The molecule has 7 heteroatoms. The number of aliphatic carboxylic acids is 1. The number of hydrogen-bond donors (Lipinski definition) is 2. The van der Waals surface area contributed by atoms with Gasteiger partial charge in [0.05, 0.1) is 19.1 Å². The maximum atomic E-state index is 12.2. The van der Waals surface area contributed by atoms with Gasteiger partial charge in [-0.3, -0.25) is 4.79 Å². The van der Waals surface area contributed by atoms with E-state index in [0.717, 1.165) is 12.8 Å². The molecule has 2 rings (SSSR count). The molecule has 21 heavy (non-hydrogen) atoms. The first-order valence-electron chi connectivity index (χ1n) is 7.46. The summed E-state index contributed by atoms with van der Waals surface area (Å²) in [6.45, 7) is 1.88. The van der Waals surface area contributed by atoms with Crippen LogP contribution in [0.2, 0.25) is 0 Å². The van der Waals surface area contributed by atoms with E-state index in [9.17, 15) is 9.59 Å². The number of amides is 2. The summed E-state index contributed by atoms with van der Waals surface area (Å²) in [6.07, 6.45) is 2.93. The summed E-state index contributed by atoms with van der Waals surface area (Å²) in [6, 6.07) is -0.123. The second kappa shape index (κ2) is 6.62. The molecule has 1 atom stereocenters. The third kappa shape index (κ3) is 3.85. The van der Waals surface area contributed by atoms with Crippen molar-refractivity contribution in [2.45, 2.75) is 37.3 Å². The van der Waals surface area contributed by atoms with Crippen molar-refractivity contribution >= 4 is 12.0 Å². The van der Waals surface area contributed by atoms with Crippen LogP contribution in [0.1, 0.15) is 25.7 Å². The zero-order valence-corrected chi connectivity index (χ0v) is 12.8. The maximum Gasteiger partial charge on any atom is 0.317 e. The molecule has 0 aromatic carbocycles. The van der Waals surface area contributed by atoms with Crippen molar-refractivity contribution < 1.29 is 19.4 Å². The number of ether oxygens (including phenoxy) is 1. The number of carbonyl (C=O) groups excluding carboxylic acids is 1. The SMILES string of the molecule is CN(C)C1(CNC(=O)N2CCOC(CC(=O)O)C2)CCC1. The molecule has 1 aliphatic carbocycles. The van der Waals surface area contributed by atoms with Crippen molar-refractivity contribution in [3.8, 4) is 0 Å². The number of carboxylic acids is 1. The van der Waals surface area contributed by atoms with Crippen molar-refractivity contribution in [3.63, 3.8) is 0 Å². The van der Waals surface area contributed by atoms with Crippen molar-refractivity contribution in [1.82, 2.24) is 15.1 Å². The second-order valence-electron chi connectivity index (χ2n) is 6.17. The molecule has 0 spiro atoms. The summed E-state index contributed by atoms with van der Waals surface area (Å²) in [5.74, 6) is -0.900. The Balaban J connectivity index is 1.81. The minimum absolute atomic E-state index is 0.0641. The topological polar surface area (TPSA) is 82.1 Å². The van der Waals surface area contributed by atoms with Gasteiger partial charge in [-0.1, -0.05) is 0 Å². The quantitative estimate of drug-likeness (QED) is 0.766. The fourth-order valence-corrected chi connectivity index (χ4v) is 2.94. The van der Waals surface area contributed by atoms with Gasteiger partial charge in [-0.25, -0.2) is 4.79 Å². The van der Waals surface area contributed by atoms with Crippen LogP contribution < -0.4 is 5.32 Å². The number of nitrogens with zero attached hydrogens (tertiary/aromatic N) is 2. The Labute approximate surface area is 125 Å². The van der Waals surface area contributed by atoms with Crippen molar-refractivity contribution in [1.29, 1.82) is 0 Å². The smallest absolute Gasteiger partial charge is 0.317 e. The van der Waals surface area contributed by atoms with Crippen molar-refractivity contribution in [2.24, 2.45) is 0 Å². The number of morpholine rings is 1. The van der Waals surface area contributed by atoms with E-state index in [2.05, 4.69) is 10.2 Å². The van der Waals surface area contributed by atoms with E-state index >= 15 is 0 Å². The number of hydrogen-bond acceptors (Lipinski definition) is 4. The number of urea groups is 1. The summed E-state index contributed by atoms with van der Waals surface area (Å²) < 4.78 is 5.37. The highest BCUT2D eigenvalue weighted by atomic mass is 16.5. The van der Waals surface area contributed by atoms with Gasteiger partial charge < -0.3 is 25.0 Å². The Morgan fingerprint density at radius 1 is 1.43 bits per heavy atom. The van der Waals surface area contributed by atoms with Crippen LogP contribution in [-0.2, 0) is 9.53 Å². The minimum atomic E-state index is -0.900. The highest BCUT2D eigenvalue weighted by Gasteiger charge is 2.39. The molecular formula is C14H25N3O4. The Morgan fingerprint density at radius 2 is 2.14 bits per heavy atom. The van der Waals surface area contributed by atoms with Gasteiger partial charge in [0.1, 0.15) is 0 Å². The first kappa shape index (κ1) is 16.0. The van der Waals surface area contributed by atoms with E-state index in [1.165, 1.54) is 6.42 Å². The van der Waals surface area contributed by atoms with Gasteiger partial charge >= 0.3 is 12.0 Å². The van der Waals surface area contributed by atoms with Crippen LogP contribution in [0.4, 0.5) is 4.79 Å². The molecular weight excluding hydrogens is 274 g/mol. The molecule has 2 amide bonds. The summed E-state index contributed by atoms with van der Waals surface area (Å²) in [4.78, 5) is 26.8. The molecule has 2 N–H and O–H groups in total. The fraction of sp³-hybridized carbons (Fsp3) is 0.857. The molecule has 2 fully saturated rings. The lowest BCUT2D eigenvalue weighted by atomic mass is 9.75. The lowest BCUT2D eigenvalue weighted by Gasteiger charge is -2.47. The van der Waals surface area contributed by atoms with E-state index < -0.39 is 12.1 Å². The summed E-state index contributed by atoms with van der Waals surface area (Å²) in [5.41, 5.74) is 0.0857. The Bertz CT molecular complexity index is 396. The second-order valence-corrected chi connectivity index (χ2v) is 6.17. The average molecular weight is 299 g/mol. The van der Waals surface area contributed by atoms with Gasteiger partial charge in [-0.2, -0.15) is 0 Å². The Kier molecular flexibility index (Phi) is 5.05. The molecule has 1 saturated carbocycles. The molecule has 2 aliphatic rings. The average Bonchev–Trinajstić information content (AvgIpc) is 2.36. The summed E-state index contributed by atoms with van der Waals surface area (Å²) >= 11 is 0. The van der Waals surface area contributed by atoms with Crippen molar-refractivity contribution in [3.05, 3.63) is 0 Å². The molecule has 0 aromatic rings. The van der Waals surface area contributed by atoms with E-state index in [1.54, 1.807) is 4.90 Å². The van der Waals surface area contributed by atoms with E-state index in [1.807, 2.05) is 14.1 Å². The van der Waals surface area contributed by atoms with Crippen LogP contribution in [0, 0.1) is 0 Å². The van der Waals surface area contributed by atoms with Crippen LogP contribution in [0.15, 0.2) is 0 Å². The zero-order valence-electron chi connectivity index (χ0n) is 12.8.